The summed E-state index contributed by atoms with van der Waals surface area (Å²) in [7, 11) is 4.52. The number of fused-ring (bicyclic) bond motifs is 3. The molecule has 382 valence electrons. The van der Waals surface area contributed by atoms with Gasteiger partial charge < -0.3 is 43.5 Å². The van der Waals surface area contributed by atoms with Crippen molar-refractivity contribution >= 4 is 35.2 Å². The van der Waals surface area contributed by atoms with Crippen molar-refractivity contribution in [2.24, 2.45) is 35.5 Å². The maximum absolute atomic E-state index is 14.4. The van der Waals surface area contributed by atoms with Gasteiger partial charge in [0.05, 0.1) is 18.3 Å². The minimum Gasteiger partial charge on any atom is -0.460 e. The summed E-state index contributed by atoms with van der Waals surface area (Å²) in [4.78, 5) is 83.9. The average molecular weight is 956 g/mol. The second kappa shape index (κ2) is 26.4. The van der Waals surface area contributed by atoms with Crippen molar-refractivity contribution in [2.75, 3.05) is 27.9 Å². The van der Waals surface area contributed by atoms with Crippen LogP contribution in [0.3, 0.4) is 0 Å². The molecule has 4 aliphatic rings. The van der Waals surface area contributed by atoms with E-state index in [-0.39, 0.29) is 60.8 Å². The Morgan fingerprint density at radius 3 is 2.25 bits per heavy atom. The Kier molecular flexibility index (Phi) is 22.0. The molecule has 2 N–H and O–H groups in total. The summed E-state index contributed by atoms with van der Waals surface area (Å²) in [6.07, 6.45) is 11.2. The average Bonchev–Trinajstić information content (AvgIpc) is 3.30. The first-order valence-corrected chi connectivity index (χ1v) is 24.8. The topological polar surface area (TPSA) is 201 Å². The van der Waals surface area contributed by atoms with Gasteiger partial charge in [-0.25, -0.2) is 4.79 Å². The molecular formula is C53H81NO14. The fourth-order valence-electron chi connectivity index (χ4n) is 10.4. The Morgan fingerprint density at radius 2 is 1.59 bits per heavy atom. The number of aliphatic hydroxyl groups is 2. The zero-order chi connectivity index (χ0) is 50.5. The molecule has 0 unspecified atom stereocenters. The number of allylic oxidation sites excluding steroid dienone is 6. The van der Waals surface area contributed by atoms with E-state index in [2.05, 4.69) is 0 Å². The Hall–Kier alpha value is -3.86. The highest BCUT2D eigenvalue weighted by molar-refractivity contribution is 6.39. The summed E-state index contributed by atoms with van der Waals surface area (Å²) in [5.74, 6) is -8.54. The highest BCUT2D eigenvalue weighted by atomic mass is 16.6. The summed E-state index contributed by atoms with van der Waals surface area (Å²) >= 11 is 0. The second-order valence-electron chi connectivity index (χ2n) is 20.2. The number of amides is 1. The highest BCUT2D eigenvalue weighted by Gasteiger charge is 2.53. The van der Waals surface area contributed by atoms with Gasteiger partial charge in [-0.2, -0.15) is 0 Å². The van der Waals surface area contributed by atoms with E-state index in [0.717, 1.165) is 5.57 Å². The van der Waals surface area contributed by atoms with Crippen LogP contribution in [0.4, 0.5) is 0 Å². The van der Waals surface area contributed by atoms with Crippen LogP contribution in [0.5, 0.6) is 0 Å². The fraction of sp³-hybridized carbons (Fsp3) is 0.736. The van der Waals surface area contributed by atoms with E-state index in [9.17, 15) is 39.0 Å². The number of nitrogens with zero attached hydrogens (tertiary/aromatic N) is 1. The summed E-state index contributed by atoms with van der Waals surface area (Å²) in [6, 6.07) is -1.16. The number of rotatable bonds is 7. The van der Waals surface area contributed by atoms with Crippen LogP contribution < -0.4 is 0 Å². The Balaban J connectivity index is 1.70. The molecule has 3 fully saturated rings. The third-order valence-electron chi connectivity index (χ3n) is 14.8. The van der Waals surface area contributed by atoms with E-state index in [0.29, 0.717) is 69.8 Å². The number of hydrogen-bond acceptors (Lipinski definition) is 14. The highest BCUT2D eigenvalue weighted by Crippen LogP contribution is 2.38. The van der Waals surface area contributed by atoms with Crippen molar-refractivity contribution in [3.8, 4) is 0 Å². The molecule has 0 spiro atoms. The molecule has 3 heterocycles. The fourth-order valence-corrected chi connectivity index (χ4v) is 10.4. The number of carbonyl (C=O) groups excluding carboxylic acids is 6. The van der Waals surface area contributed by atoms with Gasteiger partial charge in [0.1, 0.15) is 36.2 Å². The van der Waals surface area contributed by atoms with Crippen LogP contribution in [0.25, 0.3) is 0 Å². The third-order valence-corrected chi connectivity index (χ3v) is 14.8. The lowest BCUT2D eigenvalue weighted by Gasteiger charge is -2.42. The number of Topliss-reactive ketones (excluding diaryl/α,β-unsaturated/α-hetero) is 3. The number of hydrogen-bond donors (Lipinski definition) is 2. The van der Waals surface area contributed by atoms with Crippen LogP contribution in [-0.2, 0) is 57.2 Å². The minimum atomic E-state index is -2.44. The van der Waals surface area contributed by atoms with Crippen molar-refractivity contribution in [1.82, 2.24) is 4.90 Å². The molecule has 2 saturated heterocycles. The summed E-state index contributed by atoms with van der Waals surface area (Å²) in [5.41, 5.74) is 1.25. The predicted octanol–water partition coefficient (Wildman–Crippen LogP) is 6.75. The molecule has 68 heavy (non-hydrogen) atoms. The lowest BCUT2D eigenvalue weighted by Crippen LogP contribution is -2.61. The molecule has 15 nitrogen and oxygen atoms in total. The number of ketones is 3. The standard InChI is InChI=1S/C53H81NO14/c1-31-17-13-12-14-18-32(2)44(63-9)29-40-22-20-37(7)53(62,68-40)50(59)51(60)54-24-16-15-19-41(54)52(61)67-45(34(4)27-39-21-23-43(66-38(8)55)46(28-39)64-10)30-42(56)33(3)26-36(6)48(58)49(65-11)47(57)35(5)25-31/h12-14,17-18,26,31,33-35,37,39-41,43-46,48-49,58,62H,15-16,19-25,27-30H2,1-11H3/b14-12?,17-13+,32-18?,36-26+/t31-,33-,34-,35-,37-,39+,40+,41+,43-,44+,45+,46-,48-,49+,53-/m1/s1. The van der Waals surface area contributed by atoms with Gasteiger partial charge in [0, 0.05) is 65.4 Å². The molecule has 15 atom stereocenters. The van der Waals surface area contributed by atoms with Crippen molar-refractivity contribution < 1.29 is 67.4 Å². The zero-order valence-corrected chi connectivity index (χ0v) is 42.5. The number of aliphatic hydroxyl groups excluding tert-OH is 1. The maximum Gasteiger partial charge on any atom is 0.329 e. The SMILES string of the molecule is CO[C@H]1C[C@@H]2CC[C@@H](C)[C@@](O)(O2)C(=O)C(=O)N2CCCC[C@H]2C(=O)O[C@H]([C@H](C)C[C@@H]2CC[C@@H](OC(C)=O)[C@H](OC)C2)CC(=O)[C@H](C)/C=C(\C)[C@@H](O)[C@@H](OC)C(=O)[C@H](C)C[C@H](C)/C=C/C=CC=C1C. The Morgan fingerprint density at radius 1 is 0.868 bits per heavy atom. The number of piperidine rings is 1. The first-order valence-electron chi connectivity index (χ1n) is 24.8. The molecule has 0 aromatic heterocycles. The van der Waals surface area contributed by atoms with Crippen LogP contribution in [0.1, 0.15) is 132 Å². The van der Waals surface area contributed by atoms with E-state index in [4.69, 9.17) is 28.4 Å². The summed E-state index contributed by atoms with van der Waals surface area (Å²) in [5, 5.41) is 23.4. The second-order valence-corrected chi connectivity index (χ2v) is 20.2. The monoisotopic (exact) mass is 956 g/mol. The molecule has 1 saturated carbocycles. The summed E-state index contributed by atoms with van der Waals surface area (Å²) < 4.78 is 35.1. The lowest BCUT2D eigenvalue weighted by atomic mass is 9.78. The molecular weight excluding hydrogens is 875 g/mol. The third kappa shape index (κ3) is 15.1. The molecule has 0 radical (unpaired) electrons. The van der Waals surface area contributed by atoms with Crippen molar-refractivity contribution in [2.45, 2.75) is 187 Å². The van der Waals surface area contributed by atoms with Gasteiger partial charge >= 0.3 is 11.9 Å². The van der Waals surface area contributed by atoms with Gasteiger partial charge in [-0.15, -0.1) is 0 Å². The van der Waals surface area contributed by atoms with E-state index in [1.165, 1.54) is 18.9 Å². The Labute approximate surface area is 404 Å². The molecule has 0 aromatic carbocycles. The number of carbonyl (C=O) groups is 6. The van der Waals surface area contributed by atoms with E-state index >= 15 is 0 Å². The van der Waals surface area contributed by atoms with Crippen LogP contribution in [0, 0.1) is 35.5 Å². The van der Waals surface area contributed by atoms with Crippen LogP contribution >= 0.6 is 0 Å². The molecule has 3 aliphatic heterocycles. The minimum absolute atomic E-state index is 0.0110. The van der Waals surface area contributed by atoms with Gasteiger partial charge in [0.15, 0.2) is 5.78 Å². The van der Waals surface area contributed by atoms with Gasteiger partial charge in [0.2, 0.25) is 5.79 Å². The first-order chi connectivity index (χ1) is 32.1. The number of esters is 2. The van der Waals surface area contributed by atoms with Gasteiger partial charge in [-0.3, -0.25) is 24.0 Å². The molecule has 15 heteroatoms. The zero-order valence-electron chi connectivity index (χ0n) is 42.5. The van der Waals surface area contributed by atoms with E-state index in [1.807, 2.05) is 58.1 Å². The molecule has 4 rings (SSSR count). The number of ether oxygens (including phenoxy) is 6. The number of methoxy groups -OCH3 is 3. The van der Waals surface area contributed by atoms with Crippen LogP contribution in [0.15, 0.2) is 47.6 Å². The largest absolute Gasteiger partial charge is 0.460 e. The Bertz CT molecular complexity index is 1870. The summed E-state index contributed by atoms with van der Waals surface area (Å²) in [6.45, 7) is 14.1. The molecule has 0 aromatic rings. The predicted molar refractivity (Wildman–Crippen MR) is 255 cm³/mol. The quantitative estimate of drug-likeness (QED) is 0.154. The van der Waals surface area contributed by atoms with Crippen molar-refractivity contribution in [3.05, 3.63) is 47.6 Å². The van der Waals surface area contributed by atoms with Crippen molar-refractivity contribution in [1.29, 1.82) is 0 Å². The molecule has 1 aliphatic carbocycles. The normalized spacial score (nSPS) is 37.8. The maximum atomic E-state index is 14.4. The van der Waals surface area contributed by atoms with Gasteiger partial charge in [-0.05, 0) is 107 Å². The smallest absolute Gasteiger partial charge is 0.329 e. The number of cyclic esters (lactones) is 1. The van der Waals surface area contributed by atoms with Crippen LogP contribution in [-0.4, -0.2) is 133 Å². The molecule has 2 bridgehead atoms. The van der Waals surface area contributed by atoms with E-state index < -0.39 is 83.9 Å². The van der Waals surface area contributed by atoms with Gasteiger partial charge in [0.25, 0.3) is 11.7 Å². The lowest BCUT2D eigenvalue weighted by molar-refractivity contribution is -0.265. The van der Waals surface area contributed by atoms with E-state index in [1.54, 1.807) is 41.1 Å². The molecule has 1 amide bonds. The first kappa shape index (κ1) is 56.7. The van der Waals surface area contributed by atoms with Crippen molar-refractivity contribution in [3.63, 3.8) is 0 Å². The van der Waals surface area contributed by atoms with Crippen LogP contribution in [0.2, 0.25) is 0 Å². The van der Waals surface area contributed by atoms with Gasteiger partial charge in [-0.1, -0.05) is 71.1 Å².